The van der Waals surface area contributed by atoms with E-state index in [1.54, 1.807) is 0 Å². The van der Waals surface area contributed by atoms with Gasteiger partial charge in [0.2, 0.25) is 0 Å². The van der Waals surface area contributed by atoms with Crippen molar-refractivity contribution in [3.63, 3.8) is 0 Å². The number of esters is 1. The van der Waals surface area contributed by atoms with Gasteiger partial charge in [-0.05, 0) is 51.9 Å². The lowest BCUT2D eigenvalue weighted by atomic mass is 9.81. The number of ether oxygens (including phenoxy) is 1. The fourth-order valence-electron chi connectivity index (χ4n) is 3.67. The van der Waals surface area contributed by atoms with Crippen LogP contribution in [0.3, 0.4) is 0 Å². The molecule has 0 aromatic carbocycles. The van der Waals surface area contributed by atoms with Gasteiger partial charge in [0.15, 0.2) is 0 Å². The molecule has 0 spiro atoms. The van der Waals surface area contributed by atoms with Gasteiger partial charge >= 0.3 is 11.9 Å². The van der Waals surface area contributed by atoms with E-state index in [0.717, 1.165) is 31.6 Å². The number of carboxylic acids is 1. The predicted molar refractivity (Wildman–Crippen MR) is 100 cm³/mol. The quantitative estimate of drug-likeness (QED) is 0.388. The van der Waals surface area contributed by atoms with Crippen molar-refractivity contribution in [2.24, 2.45) is 17.8 Å². The average Bonchev–Trinajstić information content (AvgIpc) is 2.53. The summed E-state index contributed by atoms with van der Waals surface area (Å²) in [7, 11) is 0. The minimum Gasteiger partial charge on any atom is -0.481 e. The first-order valence-corrected chi connectivity index (χ1v) is 10.2. The van der Waals surface area contributed by atoms with Crippen LogP contribution in [0, 0.1) is 17.8 Å². The van der Waals surface area contributed by atoms with Crippen LogP contribution in [0.2, 0.25) is 0 Å². The summed E-state index contributed by atoms with van der Waals surface area (Å²) < 4.78 is 5.73. The van der Waals surface area contributed by atoms with E-state index in [2.05, 4.69) is 13.8 Å². The Morgan fingerprint density at radius 1 is 1.04 bits per heavy atom. The third kappa shape index (κ3) is 9.27. The lowest BCUT2D eigenvalue weighted by Gasteiger charge is -2.30. The van der Waals surface area contributed by atoms with Gasteiger partial charge in [0.05, 0.1) is 11.8 Å². The first-order valence-electron chi connectivity index (χ1n) is 10.2. The molecule has 146 valence electrons. The Hall–Kier alpha value is -1.06. The average molecular weight is 355 g/mol. The van der Waals surface area contributed by atoms with Gasteiger partial charge < -0.3 is 9.84 Å². The first-order chi connectivity index (χ1) is 11.7. The summed E-state index contributed by atoms with van der Waals surface area (Å²) in [5.74, 6) is -0.827. The molecule has 1 saturated carbocycles. The van der Waals surface area contributed by atoms with Crippen molar-refractivity contribution < 1.29 is 19.4 Å². The van der Waals surface area contributed by atoms with Crippen molar-refractivity contribution in [3.8, 4) is 0 Å². The van der Waals surface area contributed by atoms with Gasteiger partial charge in [-0.25, -0.2) is 0 Å². The van der Waals surface area contributed by atoms with Crippen LogP contribution >= 0.6 is 0 Å². The molecule has 25 heavy (non-hydrogen) atoms. The number of hydrogen-bond donors (Lipinski definition) is 1. The van der Waals surface area contributed by atoms with E-state index in [4.69, 9.17) is 9.84 Å². The number of carboxylic acid groups (broad SMARTS) is 1. The van der Waals surface area contributed by atoms with E-state index in [9.17, 15) is 9.59 Å². The zero-order valence-electron chi connectivity index (χ0n) is 16.7. The van der Waals surface area contributed by atoms with Crippen LogP contribution in [0.5, 0.6) is 0 Å². The molecule has 0 aromatic heterocycles. The lowest BCUT2D eigenvalue weighted by Crippen LogP contribution is -2.34. The van der Waals surface area contributed by atoms with Crippen LogP contribution < -0.4 is 0 Å². The Bertz CT molecular complexity index is 414. The highest BCUT2D eigenvalue weighted by molar-refractivity contribution is 5.75. The van der Waals surface area contributed by atoms with Gasteiger partial charge in [-0.3, -0.25) is 9.59 Å². The maximum atomic E-state index is 12.4. The van der Waals surface area contributed by atoms with E-state index in [0.29, 0.717) is 12.8 Å². The summed E-state index contributed by atoms with van der Waals surface area (Å²) >= 11 is 0. The molecule has 4 nitrogen and oxygen atoms in total. The van der Waals surface area contributed by atoms with E-state index in [1.165, 1.54) is 32.1 Å². The third-order valence-corrected chi connectivity index (χ3v) is 5.29. The molecule has 0 bridgehead atoms. The molecule has 1 fully saturated rings. The lowest BCUT2D eigenvalue weighted by molar-refractivity contribution is -0.164. The third-order valence-electron chi connectivity index (χ3n) is 5.29. The molecule has 0 aromatic rings. The van der Waals surface area contributed by atoms with Crippen molar-refractivity contribution >= 4 is 11.9 Å². The van der Waals surface area contributed by atoms with E-state index in [1.807, 2.05) is 13.8 Å². The summed E-state index contributed by atoms with van der Waals surface area (Å²) in [4.78, 5) is 23.5. The summed E-state index contributed by atoms with van der Waals surface area (Å²) in [6.07, 6.45) is 11.0. The Morgan fingerprint density at radius 2 is 1.64 bits per heavy atom. The normalized spacial score (nSPS) is 21.3. The zero-order chi connectivity index (χ0) is 18.9. The van der Waals surface area contributed by atoms with Crippen molar-refractivity contribution in [2.75, 3.05) is 0 Å². The second kappa shape index (κ2) is 10.8. The minimum absolute atomic E-state index is 0.201. The molecule has 0 saturated heterocycles. The second-order valence-electron chi connectivity index (χ2n) is 8.78. The van der Waals surface area contributed by atoms with E-state index in [-0.39, 0.29) is 17.8 Å². The maximum absolute atomic E-state index is 12.4. The van der Waals surface area contributed by atoms with Gasteiger partial charge in [-0.2, -0.15) is 0 Å². The van der Waals surface area contributed by atoms with Gasteiger partial charge in [0.25, 0.3) is 0 Å². The summed E-state index contributed by atoms with van der Waals surface area (Å²) in [6.45, 7) is 8.48. The number of rotatable bonds is 11. The monoisotopic (exact) mass is 354 g/mol. The number of aliphatic carboxylic acids is 1. The molecular formula is C21H38O4. The molecule has 2 unspecified atom stereocenters. The van der Waals surface area contributed by atoms with Crippen LogP contribution in [-0.4, -0.2) is 22.6 Å². The molecule has 4 heteroatoms. The van der Waals surface area contributed by atoms with Gasteiger partial charge in [-0.1, -0.05) is 52.4 Å². The maximum Gasteiger partial charge on any atom is 0.309 e. The molecule has 1 aliphatic carbocycles. The number of hydrogen-bond acceptors (Lipinski definition) is 3. The van der Waals surface area contributed by atoms with E-state index >= 15 is 0 Å². The SMILES string of the molecule is CC(C)CCCCCCCC(C)(C)OC(=O)C1CCCC(C(=O)O)C1. The fraction of sp³-hybridized carbons (Fsp3) is 0.905. The number of unbranched alkanes of at least 4 members (excludes halogenated alkanes) is 4. The second-order valence-corrected chi connectivity index (χ2v) is 8.78. The topological polar surface area (TPSA) is 63.6 Å². The minimum atomic E-state index is -0.783. The van der Waals surface area contributed by atoms with Crippen LogP contribution in [-0.2, 0) is 14.3 Å². The molecule has 1 N–H and O–H groups in total. The van der Waals surface area contributed by atoms with Crippen LogP contribution in [0.4, 0.5) is 0 Å². The summed E-state index contributed by atoms with van der Waals surface area (Å²) in [5, 5.41) is 9.15. The molecule has 1 rings (SSSR count). The molecular weight excluding hydrogens is 316 g/mol. The van der Waals surface area contributed by atoms with Crippen molar-refractivity contribution in [2.45, 2.75) is 104 Å². The Morgan fingerprint density at radius 3 is 2.28 bits per heavy atom. The van der Waals surface area contributed by atoms with E-state index < -0.39 is 11.6 Å². The van der Waals surface area contributed by atoms with Crippen LogP contribution in [0.15, 0.2) is 0 Å². The highest BCUT2D eigenvalue weighted by atomic mass is 16.6. The van der Waals surface area contributed by atoms with Gasteiger partial charge in [-0.15, -0.1) is 0 Å². The Balaban J connectivity index is 2.24. The summed E-state index contributed by atoms with van der Waals surface area (Å²) in [6, 6.07) is 0. The number of carbonyl (C=O) groups is 2. The molecule has 0 aliphatic heterocycles. The zero-order valence-corrected chi connectivity index (χ0v) is 16.7. The van der Waals surface area contributed by atoms with Crippen molar-refractivity contribution in [1.29, 1.82) is 0 Å². The Kier molecular flexibility index (Phi) is 9.52. The first kappa shape index (κ1) is 22.0. The van der Waals surface area contributed by atoms with Gasteiger partial charge in [0.1, 0.15) is 5.60 Å². The van der Waals surface area contributed by atoms with Crippen LogP contribution in [0.1, 0.15) is 98.3 Å². The van der Waals surface area contributed by atoms with Crippen LogP contribution in [0.25, 0.3) is 0 Å². The smallest absolute Gasteiger partial charge is 0.309 e. The molecule has 0 heterocycles. The molecule has 0 amide bonds. The van der Waals surface area contributed by atoms with Crippen molar-refractivity contribution in [1.82, 2.24) is 0 Å². The Labute approximate surface area is 153 Å². The largest absolute Gasteiger partial charge is 0.481 e. The standard InChI is InChI=1S/C21H38O4/c1-16(2)11-8-6-5-7-9-14-21(3,4)25-20(24)18-13-10-12-17(15-18)19(22)23/h16-18H,5-15H2,1-4H3,(H,22,23). The molecule has 2 atom stereocenters. The number of carbonyl (C=O) groups excluding carboxylic acids is 1. The van der Waals surface area contributed by atoms with Crippen molar-refractivity contribution in [3.05, 3.63) is 0 Å². The highest BCUT2D eigenvalue weighted by Crippen LogP contribution is 2.32. The van der Waals surface area contributed by atoms with Gasteiger partial charge in [0, 0.05) is 0 Å². The molecule has 1 aliphatic rings. The fourth-order valence-corrected chi connectivity index (χ4v) is 3.67. The predicted octanol–water partition coefficient (Wildman–Crippen LogP) is 5.59. The summed E-state index contributed by atoms with van der Waals surface area (Å²) in [5.41, 5.74) is -0.453. The highest BCUT2D eigenvalue weighted by Gasteiger charge is 2.34. The molecule has 0 radical (unpaired) electrons.